The summed E-state index contributed by atoms with van der Waals surface area (Å²) < 4.78 is 25.7. The largest absolute Gasteiger partial charge is 0.357 e. The Morgan fingerprint density at radius 2 is 2.00 bits per heavy atom. The number of hydrogen-bond acceptors (Lipinski definition) is 4. The Balaban J connectivity index is 0.00000300. The van der Waals surface area contributed by atoms with E-state index < -0.39 is 14.6 Å². The Kier molecular flexibility index (Phi) is 7.72. The van der Waals surface area contributed by atoms with E-state index in [2.05, 4.69) is 10.4 Å². The second-order valence-electron chi connectivity index (χ2n) is 7.70. The Morgan fingerprint density at radius 1 is 1.28 bits per heavy atom. The molecule has 1 N–H and O–H groups in total. The average Bonchev–Trinajstić information content (AvgIpc) is 3.07. The first kappa shape index (κ1) is 23.7. The van der Waals surface area contributed by atoms with Gasteiger partial charge in [-0.05, 0) is 45.4 Å². The molecule has 0 unspecified atom stereocenters. The molecule has 2 heterocycles. The summed E-state index contributed by atoms with van der Waals surface area (Å²) in [6.45, 7) is 9.65. The first-order valence-electron chi connectivity index (χ1n) is 9.59. The van der Waals surface area contributed by atoms with Gasteiger partial charge in [0.25, 0.3) is 0 Å². The first-order valence-corrected chi connectivity index (χ1v) is 11.2. The van der Waals surface area contributed by atoms with E-state index in [0.29, 0.717) is 19.6 Å². The van der Waals surface area contributed by atoms with Crippen molar-refractivity contribution in [3.63, 3.8) is 0 Å². The molecule has 7 nitrogen and oxygen atoms in total. The smallest absolute Gasteiger partial charge is 0.194 e. The lowest BCUT2D eigenvalue weighted by Gasteiger charge is -2.39. The summed E-state index contributed by atoms with van der Waals surface area (Å²) in [7, 11) is -3.09. The zero-order valence-corrected chi connectivity index (χ0v) is 20.6. The predicted molar refractivity (Wildman–Crippen MR) is 128 cm³/mol. The fourth-order valence-corrected chi connectivity index (χ4v) is 4.69. The fourth-order valence-electron chi connectivity index (χ4n) is 3.33. The van der Waals surface area contributed by atoms with E-state index in [4.69, 9.17) is 4.99 Å². The summed E-state index contributed by atoms with van der Waals surface area (Å²) in [5.74, 6) is 0.894. The molecule has 0 bridgehead atoms. The van der Waals surface area contributed by atoms with Crippen LogP contribution in [0.5, 0.6) is 0 Å². The minimum atomic E-state index is -3.09. The van der Waals surface area contributed by atoms with Gasteiger partial charge in [0.1, 0.15) is 0 Å². The summed E-state index contributed by atoms with van der Waals surface area (Å²) in [5.41, 5.74) is 3.02. The molecule has 1 aliphatic rings. The molecule has 1 aliphatic heterocycles. The third kappa shape index (κ3) is 5.30. The quantitative estimate of drug-likeness (QED) is 0.373. The van der Waals surface area contributed by atoms with Crippen LogP contribution in [0.4, 0.5) is 0 Å². The van der Waals surface area contributed by atoms with Gasteiger partial charge in [0.15, 0.2) is 15.8 Å². The molecule has 0 radical (unpaired) electrons. The third-order valence-corrected chi connectivity index (χ3v) is 7.57. The van der Waals surface area contributed by atoms with Crippen LogP contribution in [0.2, 0.25) is 0 Å². The standard InChI is InChI=1S/C20H29N5O2S.HI/c1-5-21-19(24-12-13-28(26,27)20(3,4)15-24)22-14-17-8-6-7-9-18(17)25-11-10-16(2)23-25;/h6-11H,5,12-15H2,1-4H3,(H,21,22);1H. The number of para-hydroxylation sites is 1. The van der Waals surface area contributed by atoms with Crippen LogP contribution in [0, 0.1) is 6.92 Å². The number of guanidine groups is 1. The molecule has 29 heavy (non-hydrogen) atoms. The van der Waals surface area contributed by atoms with Crippen LogP contribution < -0.4 is 5.32 Å². The maximum atomic E-state index is 12.3. The van der Waals surface area contributed by atoms with E-state index in [1.165, 1.54) is 0 Å². The molecular formula is C20H30IN5O2S. The highest BCUT2D eigenvalue weighted by atomic mass is 127. The lowest BCUT2D eigenvalue weighted by molar-refractivity contribution is 0.353. The second kappa shape index (κ2) is 9.46. The zero-order valence-electron chi connectivity index (χ0n) is 17.4. The number of aryl methyl sites for hydroxylation is 1. The Morgan fingerprint density at radius 3 is 2.62 bits per heavy atom. The summed E-state index contributed by atoms with van der Waals surface area (Å²) in [5, 5.41) is 7.82. The van der Waals surface area contributed by atoms with Crippen molar-refractivity contribution in [3.8, 4) is 5.69 Å². The minimum Gasteiger partial charge on any atom is -0.357 e. The number of aliphatic imine (C=N–C) groups is 1. The summed E-state index contributed by atoms with van der Waals surface area (Å²) >= 11 is 0. The van der Waals surface area contributed by atoms with Crippen molar-refractivity contribution < 1.29 is 8.42 Å². The van der Waals surface area contributed by atoms with Crippen LogP contribution in [0.15, 0.2) is 41.5 Å². The number of hydrogen-bond donors (Lipinski definition) is 1. The Labute approximate surface area is 190 Å². The van der Waals surface area contributed by atoms with Crippen LogP contribution in [0.1, 0.15) is 32.0 Å². The van der Waals surface area contributed by atoms with E-state index >= 15 is 0 Å². The molecule has 1 fully saturated rings. The SMILES string of the molecule is CCNC(=NCc1ccccc1-n1ccc(C)n1)N1CCS(=O)(=O)C(C)(C)C1.I. The van der Waals surface area contributed by atoms with Gasteiger partial charge in [0, 0.05) is 25.8 Å². The molecule has 0 aliphatic carbocycles. The number of halogens is 1. The van der Waals surface area contributed by atoms with Gasteiger partial charge >= 0.3 is 0 Å². The number of aromatic nitrogens is 2. The highest BCUT2D eigenvalue weighted by molar-refractivity contribution is 14.0. The van der Waals surface area contributed by atoms with Gasteiger partial charge in [0.2, 0.25) is 0 Å². The minimum absolute atomic E-state index is 0. The molecule has 9 heteroatoms. The maximum absolute atomic E-state index is 12.3. The number of sulfone groups is 1. The van der Waals surface area contributed by atoms with Crippen LogP contribution in [-0.2, 0) is 16.4 Å². The summed E-state index contributed by atoms with van der Waals surface area (Å²) in [4.78, 5) is 6.86. The van der Waals surface area contributed by atoms with E-state index in [1.54, 1.807) is 13.8 Å². The van der Waals surface area contributed by atoms with Crippen molar-refractivity contribution in [2.45, 2.75) is 39.0 Å². The van der Waals surface area contributed by atoms with Crippen molar-refractivity contribution >= 4 is 39.8 Å². The highest BCUT2D eigenvalue weighted by Crippen LogP contribution is 2.24. The van der Waals surface area contributed by atoms with Gasteiger partial charge in [-0.2, -0.15) is 5.10 Å². The monoisotopic (exact) mass is 531 g/mol. The topological polar surface area (TPSA) is 79.6 Å². The molecule has 160 valence electrons. The summed E-state index contributed by atoms with van der Waals surface area (Å²) in [6, 6.07) is 10.0. The highest BCUT2D eigenvalue weighted by Gasteiger charge is 2.40. The molecule has 2 aromatic rings. The molecule has 1 saturated heterocycles. The summed E-state index contributed by atoms with van der Waals surface area (Å²) in [6.07, 6.45) is 1.95. The van der Waals surface area contributed by atoms with Crippen LogP contribution >= 0.6 is 24.0 Å². The van der Waals surface area contributed by atoms with Crippen LogP contribution in [0.25, 0.3) is 5.69 Å². The average molecular weight is 531 g/mol. The third-order valence-electron chi connectivity index (χ3n) is 5.04. The van der Waals surface area contributed by atoms with E-state index in [0.717, 1.165) is 29.4 Å². The number of rotatable bonds is 4. The normalized spacial score (nSPS) is 18.2. The molecule has 0 amide bonds. The van der Waals surface area contributed by atoms with Gasteiger partial charge in [-0.1, -0.05) is 18.2 Å². The molecular weight excluding hydrogens is 501 g/mol. The van der Waals surface area contributed by atoms with Crippen molar-refractivity contribution in [3.05, 3.63) is 47.8 Å². The zero-order chi connectivity index (χ0) is 20.4. The number of nitrogens with zero attached hydrogens (tertiary/aromatic N) is 4. The van der Waals surface area contributed by atoms with Gasteiger partial charge in [-0.3, -0.25) is 0 Å². The lowest BCUT2D eigenvalue weighted by Crippen LogP contribution is -2.57. The Hall–Kier alpha value is -1.62. The van der Waals surface area contributed by atoms with Gasteiger partial charge in [0.05, 0.1) is 28.4 Å². The molecule has 0 spiro atoms. The van der Waals surface area contributed by atoms with Gasteiger partial charge in [-0.15, -0.1) is 24.0 Å². The molecule has 0 atom stereocenters. The molecule has 0 saturated carbocycles. The van der Waals surface area contributed by atoms with E-state index in [-0.39, 0.29) is 29.7 Å². The number of nitrogens with one attached hydrogen (secondary N) is 1. The van der Waals surface area contributed by atoms with Crippen molar-refractivity contribution in [2.75, 3.05) is 25.4 Å². The Bertz CT molecular complexity index is 969. The van der Waals surface area contributed by atoms with Gasteiger partial charge in [-0.25, -0.2) is 18.1 Å². The van der Waals surface area contributed by atoms with Crippen molar-refractivity contribution in [2.24, 2.45) is 4.99 Å². The van der Waals surface area contributed by atoms with Crippen molar-refractivity contribution in [1.82, 2.24) is 20.0 Å². The molecule has 1 aromatic heterocycles. The van der Waals surface area contributed by atoms with Crippen LogP contribution in [-0.4, -0.2) is 59.2 Å². The fraction of sp³-hybridized carbons (Fsp3) is 0.500. The first-order chi connectivity index (χ1) is 13.2. The van der Waals surface area contributed by atoms with E-state index in [1.807, 2.05) is 60.0 Å². The lowest BCUT2D eigenvalue weighted by atomic mass is 10.2. The molecule has 3 rings (SSSR count). The van der Waals surface area contributed by atoms with E-state index in [9.17, 15) is 8.42 Å². The van der Waals surface area contributed by atoms with Gasteiger partial charge < -0.3 is 10.2 Å². The predicted octanol–water partition coefficient (Wildman–Crippen LogP) is 2.77. The van der Waals surface area contributed by atoms with Crippen LogP contribution in [0.3, 0.4) is 0 Å². The second-order valence-corrected chi connectivity index (χ2v) is 10.4. The maximum Gasteiger partial charge on any atom is 0.194 e. The number of benzene rings is 1. The molecule has 1 aromatic carbocycles. The van der Waals surface area contributed by atoms with Crippen molar-refractivity contribution in [1.29, 1.82) is 0 Å².